The summed E-state index contributed by atoms with van der Waals surface area (Å²) in [7, 11) is 0. The van der Waals surface area contributed by atoms with Gasteiger partial charge in [-0.15, -0.1) is 0 Å². The Hall–Kier alpha value is -2.21. The van der Waals surface area contributed by atoms with Crippen LogP contribution in [0.5, 0.6) is 0 Å². The summed E-state index contributed by atoms with van der Waals surface area (Å²) in [6, 6.07) is 8.29. The molecule has 20 heavy (non-hydrogen) atoms. The van der Waals surface area contributed by atoms with Crippen LogP contribution in [0.25, 0.3) is 0 Å². The van der Waals surface area contributed by atoms with Crippen molar-refractivity contribution in [3.63, 3.8) is 0 Å². The number of amides is 1. The summed E-state index contributed by atoms with van der Waals surface area (Å²) >= 11 is 3.32. The largest absolute Gasteiger partial charge is 0.477 e. The van der Waals surface area contributed by atoms with Gasteiger partial charge in [-0.05, 0) is 47.1 Å². The van der Waals surface area contributed by atoms with E-state index >= 15 is 0 Å². The Labute approximate surface area is 123 Å². The average molecular weight is 335 g/mol. The highest BCUT2D eigenvalue weighted by Gasteiger charge is 2.11. The zero-order chi connectivity index (χ0) is 14.7. The molecule has 0 atom stereocenters. The second-order valence-corrected chi connectivity index (χ2v) is 5.03. The fraction of sp³-hybridized carbons (Fsp3) is 0.0714. The van der Waals surface area contributed by atoms with Gasteiger partial charge in [-0.1, -0.05) is 11.6 Å². The summed E-state index contributed by atoms with van der Waals surface area (Å²) in [6.07, 6.45) is 1.31. The van der Waals surface area contributed by atoms with Crippen LogP contribution >= 0.6 is 15.9 Å². The van der Waals surface area contributed by atoms with Crippen LogP contribution in [0.1, 0.15) is 26.4 Å². The quantitative estimate of drug-likeness (QED) is 0.903. The smallest absolute Gasteiger partial charge is 0.354 e. The van der Waals surface area contributed by atoms with Crippen LogP contribution in [-0.2, 0) is 0 Å². The molecule has 0 saturated heterocycles. The lowest BCUT2D eigenvalue weighted by Gasteiger charge is -2.07. The standard InChI is InChI=1S/C14H11BrN2O3/c1-8-2-4-11(15)10(6-8)13(18)17-9-3-5-12(14(19)20)16-7-9/h2-7H,1H3,(H,17,18)(H,19,20). The Morgan fingerprint density at radius 2 is 2.00 bits per heavy atom. The first-order valence-corrected chi connectivity index (χ1v) is 6.53. The van der Waals surface area contributed by atoms with Crippen LogP contribution in [-0.4, -0.2) is 22.0 Å². The van der Waals surface area contributed by atoms with E-state index in [1.807, 2.05) is 13.0 Å². The number of hydrogen-bond donors (Lipinski definition) is 2. The van der Waals surface area contributed by atoms with Crippen molar-refractivity contribution < 1.29 is 14.7 Å². The number of carbonyl (C=O) groups excluding carboxylic acids is 1. The molecular formula is C14H11BrN2O3. The summed E-state index contributed by atoms with van der Waals surface area (Å²) in [6.45, 7) is 1.90. The third-order valence-corrected chi connectivity index (χ3v) is 3.30. The number of benzene rings is 1. The first-order chi connectivity index (χ1) is 9.47. The maximum absolute atomic E-state index is 12.1. The lowest BCUT2D eigenvalue weighted by molar-refractivity contribution is 0.0690. The van der Waals surface area contributed by atoms with Crippen molar-refractivity contribution in [3.05, 3.63) is 57.8 Å². The fourth-order valence-corrected chi connectivity index (χ4v) is 2.03. The van der Waals surface area contributed by atoms with E-state index in [2.05, 4.69) is 26.2 Å². The molecule has 0 saturated carbocycles. The van der Waals surface area contributed by atoms with Crippen molar-refractivity contribution in [3.8, 4) is 0 Å². The molecular weight excluding hydrogens is 324 g/mol. The summed E-state index contributed by atoms with van der Waals surface area (Å²) < 4.78 is 0.690. The number of aromatic carboxylic acids is 1. The van der Waals surface area contributed by atoms with Crippen LogP contribution in [0.2, 0.25) is 0 Å². The second-order valence-electron chi connectivity index (χ2n) is 4.17. The molecule has 1 aromatic heterocycles. The van der Waals surface area contributed by atoms with Gasteiger partial charge in [-0.25, -0.2) is 9.78 Å². The summed E-state index contributed by atoms with van der Waals surface area (Å²) in [5.74, 6) is -1.39. The van der Waals surface area contributed by atoms with Gasteiger partial charge in [-0.3, -0.25) is 4.79 Å². The number of halogens is 1. The lowest BCUT2D eigenvalue weighted by atomic mass is 10.1. The lowest BCUT2D eigenvalue weighted by Crippen LogP contribution is -2.13. The molecule has 2 N–H and O–H groups in total. The molecule has 1 aromatic carbocycles. The predicted molar refractivity (Wildman–Crippen MR) is 78.0 cm³/mol. The number of carbonyl (C=O) groups is 2. The van der Waals surface area contributed by atoms with Crippen molar-refractivity contribution >= 4 is 33.5 Å². The third-order valence-electron chi connectivity index (χ3n) is 2.61. The number of pyridine rings is 1. The Kier molecular flexibility index (Phi) is 4.14. The molecule has 0 spiro atoms. The molecule has 2 rings (SSSR count). The van der Waals surface area contributed by atoms with E-state index in [0.717, 1.165) is 5.56 Å². The number of nitrogens with zero attached hydrogens (tertiary/aromatic N) is 1. The molecule has 0 aliphatic rings. The summed E-state index contributed by atoms with van der Waals surface area (Å²) in [4.78, 5) is 26.5. The molecule has 0 fully saturated rings. The monoisotopic (exact) mass is 334 g/mol. The zero-order valence-corrected chi connectivity index (χ0v) is 12.1. The first kappa shape index (κ1) is 14.2. The van der Waals surface area contributed by atoms with Gasteiger partial charge >= 0.3 is 5.97 Å². The summed E-state index contributed by atoms with van der Waals surface area (Å²) in [5, 5.41) is 11.4. The van der Waals surface area contributed by atoms with Gasteiger partial charge in [0.1, 0.15) is 5.69 Å². The van der Waals surface area contributed by atoms with Gasteiger partial charge in [-0.2, -0.15) is 0 Å². The Morgan fingerprint density at radius 1 is 1.25 bits per heavy atom. The van der Waals surface area contributed by atoms with Crippen molar-refractivity contribution in [2.24, 2.45) is 0 Å². The summed E-state index contributed by atoms with van der Waals surface area (Å²) in [5.41, 5.74) is 1.85. The number of rotatable bonds is 3. The number of aromatic nitrogens is 1. The molecule has 102 valence electrons. The van der Waals surface area contributed by atoms with Gasteiger partial charge in [0.15, 0.2) is 0 Å². The molecule has 0 aliphatic carbocycles. The van der Waals surface area contributed by atoms with Crippen molar-refractivity contribution in [1.82, 2.24) is 4.98 Å². The number of carboxylic acid groups (broad SMARTS) is 1. The number of carboxylic acids is 1. The van der Waals surface area contributed by atoms with Crippen molar-refractivity contribution in [2.75, 3.05) is 5.32 Å². The third kappa shape index (κ3) is 3.21. The molecule has 1 amide bonds. The highest BCUT2D eigenvalue weighted by molar-refractivity contribution is 9.10. The minimum Gasteiger partial charge on any atom is -0.477 e. The van der Waals surface area contributed by atoms with E-state index in [4.69, 9.17) is 5.11 Å². The van der Waals surface area contributed by atoms with Gasteiger partial charge < -0.3 is 10.4 Å². The maximum Gasteiger partial charge on any atom is 0.354 e. The van der Waals surface area contributed by atoms with Crippen LogP contribution in [0.4, 0.5) is 5.69 Å². The van der Waals surface area contributed by atoms with Gasteiger partial charge in [0.25, 0.3) is 5.91 Å². The minimum atomic E-state index is -1.11. The molecule has 5 nitrogen and oxygen atoms in total. The van der Waals surface area contributed by atoms with E-state index in [-0.39, 0.29) is 11.6 Å². The van der Waals surface area contributed by atoms with E-state index in [9.17, 15) is 9.59 Å². The van der Waals surface area contributed by atoms with Gasteiger partial charge in [0.05, 0.1) is 17.4 Å². The molecule has 0 radical (unpaired) electrons. The van der Waals surface area contributed by atoms with Gasteiger partial charge in [0, 0.05) is 4.47 Å². The highest BCUT2D eigenvalue weighted by atomic mass is 79.9. The normalized spacial score (nSPS) is 10.1. The Bertz CT molecular complexity index is 669. The fourth-order valence-electron chi connectivity index (χ4n) is 1.61. The number of hydrogen-bond acceptors (Lipinski definition) is 3. The highest BCUT2D eigenvalue weighted by Crippen LogP contribution is 2.19. The molecule has 2 aromatic rings. The van der Waals surface area contributed by atoms with Crippen molar-refractivity contribution in [2.45, 2.75) is 6.92 Å². The van der Waals surface area contributed by atoms with E-state index < -0.39 is 5.97 Å². The van der Waals surface area contributed by atoms with E-state index in [1.165, 1.54) is 18.3 Å². The predicted octanol–water partition coefficient (Wildman–Crippen LogP) is 3.10. The first-order valence-electron chi connectivity index (χ1n) is 5.74. The molecule has 1 heterocycles. The molecule has 6 heteroatoms. The van der Waals surface area contributed by atoms with E-state index in [0.29, 0.717) is 15.7 Å². The van der Waals surface area contributed by atoms with Crippen LogP contribution in [0.15, 0.2) is 41.0 Å². The Balaban J connectivity index is 2.19. The minimum absolute atomic E-state index is 0.0697. The average Bonchev–Trinajstić information content (AvgIpc) is 2.42. The van der Waals surface area contributed by atoms with Crippen LogP contribution < -0.4 is 5.32 Å². The molecule has 0 aliphatic heterocycles. The number of anilines is 1. The van der Waals surface area contributed by atoms with E-state index in [1.54, 1.807) is 12.1 Å². The van der Waals surface area contributed by atoms with Crippen molar-refractivity contribution in [1.29, 1.82) is 0 Å². The maximum atomic E-state index is 12.1. The van der Waals surface area contributed by atoms with Gasteiger partial charge in [0.2, 0.25) is 0 Å². The SMILES string of the molecule is Cc1ccc(Br)c(C(=O)Nc2ccc(C(=O)O)nc2)c1. The topological polar surface area (TPSA) is 79.3 Å². The number of nitrogens with one attached hydrogen (secondary N) is 1. The van der Waals surface area contributed by atoms with Crippen LogP contribution in [0.3, 0.4) is 0 Å². The molecule has 0 bridgehead atoms. The Morgan fingerprint density at radius 3 is 2.60 bits per heavy atom. The molecule has 0 unspecified atom stereocenters. The zero-order valence-electron chi connectivity index (χ0n) is 10.6. The van der Waals surface area contributed by atoms with Crippen LogP contribution in [0, 0.1) is 6.92 Å². The second kappa shape index (κ2) is 5.83. The number of aryl methyl sites for hydroxylation is 1.